The summed E-state index contributed by atoms with van der Waals surface area (Å²) in [7, 11) is 0. The predicted octanol–water partition coefficient (Wildman–Crippen LogP) is 4.73. The van der Waals surface area contributed by atoms with Gasteiger partial charge in [-0.3, -0.25) is 4.90 Å². The lowest BCUT2D eigenvalue weighted by molar-refractivity contribution is 0.0332. The lowest BCUT2D eigenvalue weighted by atomic mass is 9.81. The molecule has 2 nitrogen and oxygen atoms in total. The van der Waals surface area contributed by atoms with E-state index in [1.54, 1.807) is 0 Å². The van der Waals surface area contributed by atoms with E-state index >= 15 is 0 Å². The minimum atomic E-state index is 0.503. The van der Waals surface area contributed by atoms with Crippen LogP contribution < -0.4 is 5.32 Å². The van der Waals surface area contributed by atoms with Gasteiger partial charge in [0.1, 0.15) is 0 Å². The van der Waals surface area contributed by atoms with Crippen LogP contribution in [0.3, 0.4) is 0 Å². The Bertz CT molecular complexity index is 265. The minimum Gasteiger partial charge on any atom is -0.312 e. The number of piperidine rings is 1. The predicted molar refractivity (Wildman–Crippen MR) is 92.8 cm³/mol. The first-order valence-electron chi connectivity index (χ1n) is 9.82. The number of hydrogen-bond acceptors (Lipinski definition) is 2. The Hall–Kier alpha value is -0.0800. The van der Waals surface area contributed by atoms with Crippen molar-refractivity contribution in [2.75, 3.05) is 19.6 Å². The highest BCUT2D eigenvalue weighted by Crippen LogP contribution is 2.41. The summed E-state index contributed by atoms with van der Waals surface area (Å²) in [6.07, 6.45) is 16.9. The van der Waals surface area contributed by atoms with Crippen LogP contribution in [0, 0.1) is 0 Å². The third kappa shape index (κ3) is 4.45. The van der Waals surface area contributed by atoms with Crippen LogP contribution in [0.1, 0.15) is 90.9 Å². The summed E-state index contributed by atoms with van der Waals surface area (Å²) in [5.41, 5.74) is 0.503. The average Bonchev–Trinajstić information content (AvgIpc) is 3.02. The zero-order valence-electron chi connectivity index (χ0n) is 14.6. The van der Waals surface area contributed by atoms with Crippen molar-refractivity contribution in [2.45, 2.75) is 102 Å². The third-order valence-corrected chi connectivity index (χ3v) is 5.84. The molecule has 1 N–H and O–H groups in total. The minimum absolute atomic E-state index is 0.503. The van der Waals surface area contributed by atoms with E-state index in [9.17, 15) is 0 Å². The smallest absolute Gasteiger partial charge is 0.0362 e. The van der Waals surface area contributed by atoms with Gasteiger partial charge in [-0.2, -0.15) is 0 Å². The Balaban J connectivity index is 2.05. The molecule has 0 radical (unpaired) electrons. The lowest BCUT2D eigenvalue weighted by Crippen LogP contribution is -2.61. The van der Waals surface area contributed by atoms with Crippen LogP contribution >= 0.6 is 0 Å². The molecule has 0 amide bonds. The highest BCUT2D eigenvalue weighted by Gasteiger charge is 2.45. The standard InChI is InChI=1S/C19H38N2/c1-3-5-7-12-18(20-15-4-2)19(13-8-9-14-19)21-16-10-6-11-17-21/h18,20H,3-17H2,1-2H3. The molecule has 1 aliphatic heterocycles. The van der Waals surface area contributed by atoms with Gasteiger partial charge < -0.3 is 5.32 Å². The first kappa shape index (κ1) is 17.3. The molecular formula is C19H38N2. The van der Waals surface area contributed by atoms with Crippen molar-refractivity contribution in [3.8, 4) is 0 Å². The van der Waals surface area contributed by atoms with Gasteiger partial charge in [0.15, 0.2) is 0 Å². The van der Waals surface area contributed by atoms with Gasteiger partial charge in [-0.15, -0.1) is 0 Å². The van der Waals surface area contributed by atoms with Crippen LogP contribution in [0.25, 0.3) is 0 Å². The van der Waals surface area contributed by atoms with E-state index < -0.39 is 0 Å². The van der Waals surface area contributed by atoms with Crippen LogP contribution in [0.2, 0.25) is 0 Å². The summed E-state index contributed by atoms with van der Waals surface area (Å²) in [4.78, 5) is 2.91. The SMILES string of the molecule is CCCCCC(NCCC)C1(N2CCCCC2)CCCC1. The average molecular weight is 295 g/mol. The van der Waals surface area contributed by atoms with Gasteiger partial charge in [-0.1, -0.05) is 52.4 Å². The molecule has 0 aromatic carbocycles. The lowest BCUT2D eigenvalue weighted by Gasteiger charge is -2.49. The van der Waals surface area contributed by atoms with Crippen LogP contribution in [-0.4, -0.2) is 36.1 Å². The summed E-state index contributed by atoms with van der Waals surface area (Å²) in [5.74, 6) is 0. The normalized spacial score (nSPS) is 24.3. The molecule has 2 rings (SSSR count). The van der Waals surface area contributed by atoms with E-state index in [2.05, 4.69) is 24.1 Å². The third-order valence-electron chi connectivity index (χ3n) is 5.84. The first-order chi connectivity index (χ1) is 10.3. The summed E-state index contributed by atoms with van der Waals surface area (Å²) < 4.78 is 0. The van der Waals surface area contributed by atoms with Crippen molar-refractivity contribution in [3.05, 3.63) is 0 Å². The Morgan fingerprint density at radius 2 is 1.62 bits per heavy atom. The Labute approximate surface area is 133 Å². The fraction of sp³-hybridized carbons (Fsp3) is 1.00. The number of rotatable bonds is 9. The van der Waals surface area contributed by atoms with E-state index in [0.29, 0.717) is 5.54 Å². The molecule has 1 heterocycles. The maximum Gasteiger partial charge on any atom is 0.0362 e. The van der Waals surface area contributed by atoms with Crippen molar-refractivity contribution in [1.29, 1.82) is 0 Å². The van der Waals surface area contributed by atoms with Crippen molar-refractivity contribution < 1.29 is 0 Å². The Morgan fingerprint density at radius 1 is 0.905 bits per heavy atom. The van der Waals surface area contributed by atoms with Crippen LogP contribution in [0.15, 0.2) is 0 Å². The molecule has 1 unspecified atom stereocenters. The summed E-state index contributed by atoms with van der Waals surface area (Å²) in [6.45, 7) is 8.55. The molecule has 0 aromatic heterocycles. The van der Waals surface area contributed by atoms with E-state index in [0.717, 1.165) is 6.04 Å². The number of nitrogens with one attached hydrogen (secondary N) is 1. The van der Waals surface area contributed by atoms with E-state index in [1.165, 1.54) is 96.7 Å². The summed E-state index contributed by atoms with van der Waals surface area (Å²) in [6, 6.07) is 0.740. The molecule has 2 heteroatoms. The molecule has 1 saturated carbocycles. The fourth-order valence-electron chi connectivity index (χ4n) is 4.69. The highest BCUT2D eigenvalue weighted by atomic mass is 15.2. The molecule has 0 aromatic rings. The molecule has 124 valence electrons. The quantitative estimate of drug-likeness (QED) is 0.618. The van der Waals surface area contributed by atoms with Crippen LogP contribution in [-0.2, 0) is 0 Å². The van der Waals surface area contributed by atoms with Crippen molar-refractivity contribution in [2.24, 2.45) is 0 Å². The Morgan fingerprint density at radius 3 is 2.24 bits per heavy atom. The maximum absolute atomic E-state index is 3.97. The fourth-order valence-corrected chi connectivity index (χ4v) is 4.69. The highest BCUT2D eigenvalue weighted by molar-refractivity contribution is 5.04. The van der Waals surface area contributed by atoms with Crippen LogP contribution in [0.4, 0.5) is 0 Å². The van der Waals surface area contributed by atoms with Crippen molar-refractivity contribution in [1.82, 2.24) is 10.2 Å². The van der Waals surface area contributed by atoms with E-state index in [4.69, 9.17) is 0 Å². The van der Waals surface area contributed by atoms with Gasteiger partial charge in [0.05, 0.1) is 0 Å². The second-order valence-corrected chi connectivity index (χ2v) is 7.36. The first-order valence-corrected chi connectivity index (χ1v) is 9.82. The molecule has 1 saturated heterocycles. The molecular weight excluding hydrogens is 256 g/mol. The summed E-state index contributed by atoms with van der Waals surface area (Å²) >= 11 is 0. The number of nitrogens with zero attached hydrogens (tertiary/aromatic N) is 1. The second kappa shape index (κ2) is 9.15. The Kier molecular flexibility index (Phi) is 7.53. The van der Waals surface area contributed by atoms with Gasteiger partial charge in [0.2, 0.25) is 0 Å². The van der Waals surface area contributed by atoms with E-state index in [1.807, 2.05) is 0 Å². The molecule has 0 spiro atoms. The zero-order chi connectivity index (χ0) is 15.0. The van der Waals surface area contributed by atoms with Gasteiger partial charge >= 0.3 is 0 Å². The molecule has 1 aliphatic carbocycles. The molecule has 2 aliphatic rings. The van der Waals surface area contributed by atoms with Crippen molar-refractivity contribution in [3.63, 3.8) is 0 Å². The van der Waals surface area contributed by atoms with Gasteiger partial charge in [-0.05, 0) is 58.2 Å². The second-order valence-electron chi connectivity index (χ2n) is 7.36. The maximum atomic E-state index is 3.97. The van der Waals surface area contributed by atoms with E-state index in [-0.39, 0.29) is 0 Å². The van der Waals surface area contributed by atoms with Crippen molar-refractivity contribution >= 4 is 0 Å². The van der Waals surface area contributed by atoms with Gasteiger partial charge in [0, 0.05) is 11.6 Å². The number of hydrogen-bond donors (Lipinski definition) is 1. The largest absolute Gasteiger partial charge is 0.312 e. The number of unbranched alkanes of at least 4 members (excludes halogenated alkanes) is 2. The summed E-state index contributed by atoms with van der Waals surface area (Å²) in [5, 5.41) is 3.97. The zero-order valence-corrected chi connectivity index (χ0v) is 14.6. The monoisotopic (exact) mass is 294 g/mol. The molecule has 21 heavy (non-hydrogen) atoms. The van der Waals surface area contributed by atoms with Crippen LogP contribution in [0.5, 0.6) is 0 Å². The molecule has 0 bridgehead atoms. The van der Waals surface area contributed by atoms with Gasteiger partial charge in [-0.25, -0.2) is 0 Å². The van der Waals surface area contributed by atoms with Gasteiger partial charge in [0.25, 0.3) is 0 Å². The number of likely N-dealkylation sites (tertiary alicyclic amines) is 1. The molecule has 2 fully saturated rings. The molecule has 1 atom stereocenters. The topological polar surface area (TPSA) is 15.3 Å².